The molecule has 30 heavy (non-hydrogen) atoms. The molecule has 1 fully saturated rings. The molecule has 1 saturated carbocycles. The summed E-state index contributed by atoms with van der Waals surface area (Å²) in [6.45, 7) is 2.02. The van der Waals surface area contributed by atoms with Crippen LogP contribution in [-0.2, 0) is 11.8 Å². The van der Waals surface area contributed by atoms with E-state index in [1.807, 2.05) is 44.6 Å². The predicted octanol–water partition coefficient (Wildman–Crippen LogP) is 3.33. The highest BCUT2D eigenvalue weighted by Gasteiger charge is 2.29. The molecule has 1 aliphatic rings. The van der Waals surface area contributed by atoms with Crippen molar-refractivity contribution in [3.63, 3.8) is 0 Å². The Labute approximate surface area is 173 Å². The molecule has 0 unspecified atom stereocenters. The van der Waals surface area contributed by atoms with Crippen LogP contribution >= 0.6 is 0 Å². The van der Waals surface area contributed by atoms with Crippen LogP contribution in [0.5, 0.6) is 0 Å². The van der Waals surface area contributed by atoms with Gasteiger partial charge in [-0.3, -0.25) is 14.5 Å². The van der Waals surface area contributed by atoms with Crippen molar-refractivity contribution in [1.82, 2.24) is 24.7 Å². The minimum Gasteiger partial charge on any atom is -0.383 e. The second-order valence-corrected chi connectivity index (χ2v) is 7.73. The number of nitrogens with two attached hydrogens (primary N) is 1. The number of hydrogen-bond acceptors (Lipinski definition) is 6. The van der Waals surface area contributed by atoms with E-state index in [0.29, 0.717) is 11.6 Å². The minimum absolute atomic E-state index is 0.0233. The van der Waals surface area contributed by atoms with Crippen molar-refractivity contribution in [2.75, 3.05) is 11.1 Å². The van der Waals surface area contributed by atoms with Gasteiger partial charge in [0.2, 0.25) is 5.91 Å². The van der Waals surface area contributed by atoms with Crippen molar-refractivity contribution < 1.29 is 4.79 Å². The fraction of sp³-hybridized carbons (Fsp3) is 0.227. The van der Waals surface area contributed by atoms with E-state index >= 15 is 0 Å². The number of fused-ring (bicyclic) bond motifs is 1. The third kappa shape index (κ3) is 3.36. The van der Waals surface area contributed by atoms with E-state index in [2.05, 4.69) is 25.4 Å². The Morgan fingerprint density at radius 2 is 1.97 bits per heavy atom. The van der Waals surface area contributed by atoms with Crippen LogP contribution in [-0.4, -0.2) is 30.6 Å². The number of carbonyl (C=O) groups is 1. The number of nitrogens with zero attached hydrogens (tertiary/aromatic N) is 5. The maximum absolute atomic E-state index is 12.1. The van der Waals surface area contributed by atoms with Gasteiger partial charge in [0.15, 0.2) is 0 Å². The van der Waals surface area contributed by atoms with E-state index < -0.39 is 0 Å². The maximum Gasteiger partial charge on any atom is 0.228 e. The fourth-order valence-corrected chi connectivity index (χ4v) is 3.49. The lowest BCUT2D eigenvalue weighted by atomic mass is 10.0. The molecule has 0 aromatic carbocycles. The topological polar surface area (TPSA) is 112 Å². The highest BCUT2D eigenvalue weighted by Crippen LogP contribution is 2.32. The lowest BCUT2D eigenvalue weighted by molar-refractivity contribution is -0.117. The summed E-state index contributed by atoms with van der Waals surface area (Å²) in [6.07, 6.45) is 9.07. The normalized spacial score (nSPS) is 13.5. The average molecular weight is 399 g/mol. The summed E-state index contributed by atoms with van der Waals surface area (Å²) in [5, 5.41) is 8.71. The van der Waals surface area contributed by atoms with Crippen molar-refractivity contribution in [1.29, 1.82) is 0 Å². The van der Waals surface area contributed by atoms with E-state index in [0.717, 1.165) is 51.7 Å². The Balaban J connectivity index is 1.52. The van der Waals surface area contributed by atoms with Gasteiger partial charge in [0.1, 0.15) is 11.6 Å². The number of carbonyl (C=O) groups excluding carboxylic acids is 1. The molecule has 8 nitrogen and oxygen atoms in total. The van der Waals surface area contributed by atoms with Crippen LogP contribution in [0.4, 0.5) is 11.6 Å². The first-order valence-electron chi connectivity index (χ1n) is 9.81. The van der Waals surface area contributed by atoms with Crippen LogP contribution < -0.4 is 11.1 Å². The van der Waals surface area contributed by atoms with Crippen LogP contribution in [0.15, 0.2) is 43.0 Å². The molecule has 1 aliphatic carbocycles. The molecule has 0 aliphatic heterocycles. The molecule has 3 N–H and O–H groups in total. The smallest absolute Gasteiger partial charge is 0.228 e. The summed E-state index contributed by atoms with van der Waals surface area (Å²) in [6, 6.07) is 5.81. The van der Waals surface area contributed by atoms with Gasteiger partial charge < -0.3 is 11.1 Å². The zero-order valence-corrected chi connectivity index (χ0v) is 16.8. The summed E-state index contributed by atoms with van der Waals surface area (Å²) in [5.74, 6) is 1.06. The van der Waals surface area contributed by atoms with Crippen LogP contribution in [0.2, 0.25) is 0 Å². The summed E-state index contributed by atoms with van der Waals surface area (Å²) in [4.78, 5) is 25.5. The molecule has 0 atom stereocenters. The Bertz CT molecular complexity index is 1290. The molecule has 4 heterocycles. The molecule has 150 valence electrons. The lowest BCUT2D eigenvalue weighted by Gasteiger charge is -2.11. The van der Waals surface area contributed by atoms with Crippen LogP contribution in [0, 0.1) is 12.8 Å². The third-order valence-corrected chi connectivity index (χ3v) is 5.33. The second kappa shape index (κ2) is 6.91. The molecule has 4 aromatic heterocycles. The molecular formula is C22H21N7O. The van der Waals surface area contributed by atoms with Gasteiger partial charge in [-0.2, -0.15) is 5.10 Å². The molecule has 0 spiro atoms. The van der Waals surface area contributed by atoms with E-state index in [9.17, 15) is 4.79 Å². The number of pyridine rings is 3. The largest absolute Gasteiger partial charge is 0.383 e. The number of aryl methyl sites for hydroxylation is 2. The summed E-state index contributed by atoms with van der Waals surface area (Å²) >= 11 is 0. The Morgan fingerprint density at radius 3 is 2.67 bits per heavy atom. The standard InChI is InChI=1S/C22H21N7O/c1-12-5-18(15-8-26-29(2)11-15)24-9-16(12)19-6-14-7-20(28-22(30)13-3-4-13)25-10-17(14)21(23)27-19/h5-11,13H,3-4H2,1-2H3,(H2,23,27)(H,25,28,30). The van der Waals surface area contributed by atoms with Gasteiger partial charge in [-0.15, -0.1) is 0 Å². The summed E-state index contributed by atoms with van der Waals surface area (Å²) < 4.78 is 1.75. The highest BCUT2D eigenvalue weighted by molar-refractivity contribution is 5.98. The van der Waals surface area contributed by atoms with Gasteiger partial charge >= 0.3 is 0 Å². The number of amides is 1. The van der Waals surface area contributed by atoms with Crippen molar-refractivity contribution >= 4 is 28.3 Å². The van der Waals surface area contributed by atoms with E-state index in [-0.39, 0.29) is 11.8 Å². The first kappa shape index (κ1) is 18.2. The minimum atomic E-state index is 0.0233. The molecule has 8 heteroatoms. The zero-order chi connectivity index (χ0) is 20.8. The molecule has 4 aromatic rings. The molecule has 0 radical (unpaired) electrons. The van der Waals surface area contributed by atoms with Crippen LogP contribution in [0.3, 0.4) is 0 Å². The Hall–Kier alpha value is -3.81. The lowest BCUT2D eigenvalue weighted by Crippen LogP contribution is -2.14. The van der Waals surface area contributed by atoms with Gasteiger partial charge in [0.25, 0.3) is 0 Å². The molecule has 1 amide bonds. The van der Waals surface area contributed by atoms with Crippen LogP contribution in [0.25, 0.3) is 33.3 Å². The van der Waals surface area contributed by atoms with Crippen molar-refractivity contribution in [3.05, 3.63) is 48.5 Å². The van der Waals surface area contributed by atoms with Gasteiger partial charge in [-0.25, -0.2) is 9.97 Å². The first-order valence-corrected chi connectivity index (χ1v) is 9.81. The fourth-order valence-electron chi connectivity index (χ4n) is 3.49. The van der Waals surface area contributed by atoms with Gasteiger partial charge in [0, 0.05) is 48.1 Å². The molecule has 5 rings (SSSR count). The highest BCUT2D eigenvalue weighted by atomic mass is 16.2. The van der Waals surface area contributed by atoms with Gasteiger partial charge in [0.05, 0.1) is 17.6 Å². The third-order valence-electron chi connectivity index (χ3n) is 5.33. The number of rotatable bonds is 4. The monoisotopic (exact) mass is 399 g/mol. The van der Waals surface area contributed by atoms with Crippen molar-refractivity contribution in [3.8, 4) is 22.5 Å². The van der Waals surface area contributed by atoms with Gasteiger partial charge in [-0.1, -0.05) is 0 Å². The number of anilines is 2. The molecular weight excluding hydrogens is 378 g/mol. The van der Waals surface area contributed by atoms with E-state index in [4.69, 9.17) is 5.73 Å². The van der Waals surface area contributed by atoms with E-state index in [1.54, 1.807) is 17.1 Å². The first-order chi connectivity index (χ1) is 14.5. The molecule has 0 saturated heterocycles. The second-order valence-electron chi connectivity index (χ2n) is 7.73. The maximum atomic E-state index is 12.1. The number of aromatic nitrogens is 5. The number of hydrogen-bond donors (Lipinski definition) is 2. The van der Waals surface area contributed by atoms with Crippen molar-refractivity contribution in [2.45, 2.75) is 19.8 Å². The van der Waals surface area contributed by atoms with Crippen LogP contribution in [0.1, 0.15) is 18.4 Å². The predicted molar refractivity (Wildman–Crippen MR) is 115 cm³/mol. The number of nitrogens with one attached hydrogen (secondary N) is 1. The zero-order valence-electron chi connectivity index (χ0n) is 16.8. The summed E-state index contributed by atoms with van der Waals surface area (Å²) in [5.41, 5.74) is 10.7. The molecule has 0 bridgehead atoms. The summed E-state index contributed by atoms with van der Waals surface area (Å²) in [7, 11) is 1.88. The SMILES string of the molecule is Cc1cc(-c2cnn(C)c2)ncc1-c1cc2cc(NC(=O)C3CC3)ncc2c(N)n1. The van der Waals surface area contributed by atoms with Gasteiger partial charge in [-0.05, 0) is 48.9 Å². The quantitative estimate of drug-likeness (QED) is 0.544. The Kier molecular flexibility index (Phi) is 4.20. The Morgan fingerprint density at radius 1 is 1.13 bits per heavy atom. The number of nitrogen functional groups attached to an aromatic ring is 1. The van der Waals surface area contributed by atoms with E-state index in [1.165, 1.54) is 0 Å². The average Bonchev–Trinajstić information content (AvgIpc) is 3.48. The van der Waals surface area contributed by atoms with Crippen molar-refractivity contribution in [2.24, 2.45) is 13.0 Å².